The van der Waals surface area contributed by atoms with Gasteiger partial charge in [0.15, 0.2) is 6.10 Å². The molecule has 3 atom stereocenters. The zero-order valence-corrected chi connectivity index (χ0v) is 15.8. The van der Waals surface area contributed by atoms with Crippen molar-refractivity contribution in [2.24, 2.45) is 11.8 Å². The van der Waals surface area contributed by atoms with Crippen molar-refractivity contribution in [3.63, 3.8) is 0 Å². The van der Waals surface area contributed by atoms with Gasteiger partial charge in [-0.25, -0.2) is 9.96 Å². The van der Waals surface area contributed by atoms with Gasteiger partial charge >= 0.3 is 0 Å². The standard InChI is InChI=1S/C22H24N2O3/c1-14(2)13-18-19-20(27-24(18)16-10-5-4-6-11-16)22(26)23(21(19)25)17-12-8-7-9-15(17)3/h4-12,14,18-20H,13H2,1-3H3/t18-,19-,20-/m1/s1. The molecule has 2 aliphatic heterocycles. The first kappa shape index (κ1) is 17.7. The molecule has 0 spiro atoms. The van der Waals surface area contributed by atoms with Crippen LogP contribution in [0.15, 0.2) is 54.6 Å². The normalized spacial score (nSPS) is 24.8. The second-order valence-corrected chi connectivity index (χ2v) is 7.71. The number of fused-ring (bicyclic) bond motifs is 1. The average Bonchev–Trinajstić information content (AvgIpc) is 3.13. The maximum atomic E-state index is 13.3. The summed E-state index contributed by atoms with van der Waals surface area (Å²) >= 11 is 0. The Morgan fingerprint density at radius 3 is 2.30 bits per heavy atom. The Balaban J connectivity index is 1.71. The van der Waals surface area contributed by atoms with Crippen LogP contribution in [0.3, 0.4) is 0 Å². The molecule has 27 heavy (non-hydrogen) atoms. The molecule has 140 valence electrons. The Labute approximate surface area is 159 Å². The lowest BCUT2D eigenvalue weighted by Gasteiger charge is -2.29. The Bertz CT molecular complexity index is 865. The number of imide groups is 1. The fraction of sp³-hybridized carbons (Fsp3) is 0.364. The average molecular weight is 364 g/mol. The summed E-state index contributed by atoms with van der Waals surface area (Å²) in [7, 11) is 0. The molecule has 0 aliphatic carbocycles. The minimum atomic E-state index is -0.763. The first-order valence-electron chi connectivity index (χ1n) is 9.43. The van der Waals surface area contributed by atoms with Crippen LogP contribution in [0, 0.1) is 18.8 Å². The molecular weight excluding hydrogens is 340 g/mol. The van der Waals surface area contributed by atoms with E-state index in [9.17, 15) is 9.59 Å². The summed E-state index contributed by atoms with van der Waals surface area (Å²) in [6, 6.07) is 17.0. The molecule has 2 heterocycles. The van der Waals surface area contributed by atoms with Gasteiger partial charge in [-0.1, -0.05) is 50.2 Å². The lowest BCUT2D eigenvalue weighted by atomic mass is 9.90. The zero-order valence-electron chi connectivity index (χ0n) is 15.8. The van der Waals surface area contributed by atoms with E-state index in [1.54, 1.807) is 5.06 Å². The minimum Gasteiger partial charge on any atom is -0.273 e. The van der Waals surface area contributed by atoms with E-state index in [0.29, 0.717) is 11.6 Å². The molecule has 2 aromatic rings. The number of nitrogens with zero attached hydrogens (tertiary/aromatic N) is 2. The van der Waals surface area contributed by atoms with Gasteiger partial charge in [-0.15, -0.1) is 0 Å². The summed E-state index contributed by atoms with van der Waals surface area (Å²) in [6.45, 7) is 6.15. The van der Waals surface area contributed by atoms with E-state index in [1.165, 1.54) is 4.90 Å². The molecular formula is C22H24N2O3. The Morgan fingerprint density at radius 2 is 1.63 bits per heavy atom. The van der Waals surface area contributed by atoms with Crippen LogP contribution in [0.1, 0.15) is 25.8 Å². The van der Waals surface area contributed by atoms with Gasteiger partial charge in [0.25, 0.3) is 5.91 Å². The van der Waals surface area contributed by atoms with Crippen molar-refractivity contribution < 1.29 is 14.4 Å². The van der Waals surface area contributed by atoms with Crippen molar-refractivity contribution in [3.8, 4) is 0 Å². The first-order chi connectivity index (χ1) is 13.0. The SMILES string of the molecule is Cc1ccccc1N1C(=O)[C@@H]2[C@@H](CC(C)C)N(c3ccccc3)O[C@H]2C1=O. The number of benzene rings is 2. The molecule has 0 saturated carbocycles. The summed E-state index contributed by atoms with van der Waals surface area (Å²) in [5, 5.41) is 1.78. The van der Waals surface area contributed by atoms with Crippen molar-refractivity contribution in [2.45, 2.75) is 39.3 Å². The zero-order chi connectivity index (χ0) is 19.1. The molecule has 0 unspecified atom stereocenters. The van der Waals surface area contributed by atoms with Crippen LogP contribution in [0.4, 0.5) is 11.4 Å². The van der Waals surface area contributed by atoms with Crippen LogP contribution < -0.4 is 9.96 Å². The van der Waals surface area contributed by atoms with E-state index in [-0.39, 0.29) is 17.9 Å². The Hall–Kier alpha value is -2.66. The number of hydrogen-bond acceptors (Lipinski definition) is 4. The van der Waals surface area contributed by atoms with Crippen LogP contribution in [0.5, 0.6) is 0 Å². The Kier molecular flexibility index (Phi) is 4.48. The lowest BCUT2D eigenvalue weighted by Crippen LogP contribution is -2.41. The second kappa shape index (κ2) is 6.82. The summed E-state index contributed by atoms with van der Waals surface area (Å²) in [5.41, 5.74) is 2.43. The highest BCUT2D eigenvalue weighted by molar-refractivity contribution is 6.24. The third-order valence-corrected chi connectivity index (χ3v) is 5.32. The number of anilines is 2. The molecule has 5 nitrogen and oxygen atoms in total. The number of carbonyl (C=O) groups excluding carboxylic acids is 2. The molecule has 2 aliphatic rings. The minimum absolute atomic E-state index is 0.164. The maximum absolute atomic E-state index is 13.3. The fourth-order valence-corrected chi connectivity index (χ4v) is 4.10. The van der Waals surface area contributed by atoms with Crippen molar-refractivity contribution in [2.75, 3.05) is 9.96 Å². The molecule has 5 heteroatoms. The highest BCUT2D eigenvalue weighted by atomic mass is 16.7. The van der Waals surface area contributed by atoms with E-state index in [2.05, 4.69) is 13.8 Å². The van der Waals surface area contributed by atoms with Gasteiger partial charge in [0, 0.05) is 0 Å². The smallest absolute Gasteiger partial charge is 0.266 e. The largest absolute Gasteiger partial charge is 0.273 e. The van der Waals surface area contributed by atoms with Gasteiger partial charge in [-0.2, -0.15) is 0 Å². The summed E-state index contributed by atoms with van der Waals surface area (Å²) in [6.07, 6.45) is 0.0116. The predicted molar refractivity (Wildman–Crippen MR) is 104 cm³/mol. The summed E-state index contributed by atoms with van der Waals surface area (Å²) in [4.78, 5) is 33.8. The molecule has 0 bridgehead atoms. The first-order valence-corrected chi connectivity index (χ1v) is 9.43. The van der Waals surface area contributed by atoms with Crippen molar-refractivity contribution in [3.05, 3.63) is 60.2 Å². The summed E-state index contributed by atoms with van der Waals surface area (Å²) < 4.78 is 0. The van der Waals surface area contributed by atoms with E-state index in [0.717, 1.165) is 17.7 Å². The third-order valence-electron chi connectivity index (χ3n) is 5.32. The Morgan fingerprint density at radius 1 is 0.963 bits per heavy atom. The number of aryl methyl sites for hydroxylation is 1. The highest BCUT2D eigenvalue weighted by Crippen LogP contribution is 2.42. The maximum Gasteiger partial charge on any atom is 0.266 e. The van der Waals surface area contributed by atoms with Crippen LogP contribution in [0.25, 0.3) is 0 Å². The van der Waals surface area contributed by atoms with Gasteiger partial charge in [0.1, 0.15) is 0 Å². The molecule has 0 N–H and O–H groups in total. The molecule has 2 amide bonds. The number of para-hydroxylation sites is 2. The van der Waals surface area contributed by atoms with Crippen molar-refractivity contribution >= 4 is 23.2 Å². The van der Waals surface area contributed by atoms with Crippen molar-refractivity contribution in [1.82, 2.24) is 0 Å². The van der Waals surface area contributed by atoms with Gasteiger partial charge in [0.05, 0.1) is 23.3 Å². The monoisotopic (exact) mass is 364 g/mol. The summed E-state index contributed by atoms with van der Waals surface area (Å²) in [5.74, 6) is -0.548. The number of rotatable bonds is 4. The number of carbonyl (C=O) groups is 2. The molecule has 2 fully saturated rings. The van der Waals surface area contributed by atoms with Crippen LogP contribution >= 0.6 is 0 Å². The van der Waals surface area contributed by atoms with Gasteiger partial charge in [0.2, 0.25) is 5.91 Å². The third kappa shape index (κ3) is 2.92. The number of amides is 2. The van der Waals surface area contributed by atoms with Crippen molar-refractivity contribution in [1.29, 1.82) is 0 Å². The molecule has 2 saturated heterocycles. The second-order valence-electron chi connectivity index (χ2n) is 7.71. The highest BCUT2D eigenvalue weighted by Gasteiger charge is 2.59. The van der Waals surface area contributed by atoms with E-state index < -0.39 is 12.0 Å². The fourth-order valence-electron chi connectivity index (χ4n) is 4.10. The quantitative estimate of drug-likeness (QED) is 0.776. The molecule has 2 aromatic carbocycles. The van der Waals surface area contributed by atoms with E-state index >= 15 is 0 Å². The topological polar surface area (TPSA) is 49.9 Å². The van der Waals surface area contributed by atoms with Crippen LogP contribution in [-0.4, -0.2) is 24.0 Å². The molecule has 0 aromatic heterocycles. The van der Waals surface area contributed by atoms with Gasteiger partial charge < -0.3 is 0 Å². The van der Waals surface area contributed by atoms with Crippen LogP contribution in [0.2, 0.25) is 0 Å². The molecule has 4 rings (SSSR count). The molecule has 0 radical (unpaired) electrons. The predicted octanol–water partition coefficient (Wildman–Crippen LogP) is 3.72. The number of hydroxylamine groups is 1. The van der Waals surface area contributed by atoms with Gasteiger partial charge in [-0.05, 0) is 43.0 Å². The lowest BCUT2D eigenvalue weighted by molar-refractivity contribution is -0.126. The number of hydrogen-bond donors (Lipinski definition) is 0. The van der Waals surface area contributed by atoms with E-state index in [1.807, 2.05) is 61.5 Å². The van der Waals surface area contributed by atoms with Gasteiger partial charge in [-0.3, -0.25) is 14.4 Å². The van der Waals surface area contributed by atoms with E-state index in [4.69, 9.17) is 4.84 Å². The van der Waals surface area contributed by atoms with Crippen LogP contribution in [-0.2, 0) is 14.4 Å².